The van der Waals surface area contributed by atoms with Gasteiger partial charge >= 0.3 is 0 Å². The Morgan fingerprint density at radius 2 is 1.61 bits per heavy atom. The van der Waals surface area contributed by atoms with Crippen molar-refractivity contribution in [3.05, 3.63) is 34.4 Å². The number of unbranched alkanes of at least 4 members (excludes halogenated alkanes) is 5. The Morgan fingerprint density at radius 3 is 2.17 bits per heavy atom. The maximum atomic E-state index is 12.1. The second-order valence-corrected chi connectivity index (χ2v) is 7.56. The zero-order chi connectivity index (χ0) is 17.3. The molecular formula is C16H23NO5S. The molecule has 6 nitrogen and oxygen atoms in total. The number of non-ortho nitro benzene ring substituents is 1. The number of sulfone groups is 1. The van der Waals surface area contributed by atoms with Gasteiger partial charge in [-0.2, -0.15) is 0 Å². The molecule has 0 spiro atoms. The van der Waals surface area contributed by atoms with Crippen molar-refractivity contribution in [2.45, 2.75) is 56.8 Å². The van der Waals surface area contributed by atoms with Crippen LogP contribution in [0.5, 0.6) is 0 Å². The number of carbonyl (C=O) groups excluding carboxylic acids is 1. The lowest BCUT2D eigenvalue weighted by molar-refractivity contribution is -0.384. The number of hydrogen-bond acceptors (Lipinski definition) is 5. The molecule has 0 bridgehead atoms. The summed E-state index contributed by atoms with van der Waals surface area (Å²) in [7, 11) is -3.73. The molecule has 0 saturated heterocycles. The van der Waals surface area contributed by atoms with Gasteiger partial charge < -0.3 is 0 Å². The molecule has 0 N–H and O–H groups in total. The summed E-state index contributed by atoms with van der Waals surface area (Å²) in [4.78, 5) is 21.7. The van der Waals surface area contributed by atoms with Crippen LogP contribution in [0.25, 0.3) is 0 Å². The molecule has 0 aliphatic heterocycles. The Morgan fingerprint density at radius 1 is 1.04 bits per heavy atom. The van der Waals surface area contributed by atoms with E-state index in [0.717, 1.165) is 37.8 Å². The molecule has 23 heavy (non-hydrogen) atoms. The van der Waals surface area contributed by atoms with Gasteiger partial charge in [0.25, 0.3) is 5.69 Å². The highest BCUT2D eigenvalue weighted by Crippen LogP contribution is 2.17. The summed E-state index contributed by atoms with van der Waals surface area (Å²) in [5, 5.41) is 10.6. The summed E-state index contributed by atoms with van der Waals surface area (Å²) in [5.41, 5.74) is -0.178. The van der Waals surface area contributed by atoms with Gasteiger partial charge in [0.05, 0.1) is 9.82 Å². The predicted molar refractivity (Wildman–Crippen MR) is 88.1 cm³/mol. The van der Waals surface area contributed by atoms with Crippen LogP contribution in [-0.4, -0.2) is 24.9 Å². The van der Waals surface area contributed by atoms with Crippen LogP contribution in [0.4, 0.5) is 5.69 Å². The number of nitrogens with zero attached hydrogens (tertiary/aromatic N) is 1. The molecule has 0 heterocycles. The minimum absolute atomic E-state index is 0.0561. The van der Waals surface area contributed by atoms with Crippen molar-refractivity contribution in [2.24, 2.45) is 0 Å². The van der Waals surface area contributed by atoms with Gasteiger partial charge in [-0.05, 0) is 18.6 Å². The summed E-state index contributed by atoms with van der Waals surface area (Å²) in [6.07, 6.45) is 6.46. The minimum Gasteiger partial charge on any atom is -0.299 e. The summed E-state index contributed by atoms with van der Waals surface area (Å²) in [6.45, 7) is 2.13. The van der Waals surface area contributed by atoms with E-state index in [4.69, 9.17) is 0 Å². The minimum atomic E-state index is -3.73. The van der Waals surface area contributed by atoms with Crippen LogP contribution in [0.3, 0.4) is 0 Å². The highest BCUT2D eigenvalue weighted by molar-refractivity contribution is 7.92. The second kappa shape index (κ2) is 9.39. The smallest absolute Gasteiger partial charge is 0.269 e. The summed E-state index contributed by atoms with van der Waals surface area (Å²) >= 11 is 0. The molecule has 7 heteroatoms. The van der Waals surface area contributed by atoms with Gasteiger partial charge in [0.15, 0.2) is 9.84 Å². The summed E-state index contributed by atoms with van der Waals surface area (Å²) in [6, 6.07) is 4.60. The standard InChI is InChI=1S/C16H23NO5S/c1-2-3-4-5-6-7-8-15(18)13-23(21,22)16-11-9-14(10-12-16)17(19)20/h9-12H,2-8,13H2,1H3. The fourth-order valence-electron chi connectivity index (χ4n) is 2.25. The van der Waals surface area contributed by atoms with Crippen LogP contribution in [0.1, 0.15) is 51.9 Å². The maximum Gasteiger partial charge on any atom is 0.269 e. The average molecular weight is 341 g/mol. The summed E-state index contributed by atoms with van der Waals surface area (Å²) < 4.78 is 24.2. The Hall–Kier alpha value is -1.76. The van der Waals surface area contributed by atoms with Crippen LogP contribution >= 0.6 is 0 Å². The molecule has 0 radical (unpaired) electrons. The normalized spacial score (nSPS) is 11.3. The van der Waals surface area contributed by atoms with Crippen LogP contribution in [0.15, 0.2) is 29.2 Å². The first kappa shape index (κ1) is 19.3. The van der Waals surface area contributed by atoms with E-state index >= 15 is 0 Å². The molecule has 0 amide bonds. The van der Waals surface area contributed by atoms with E-state index < -0.39 is 20.5 Å². The molecule has 0 aliphatic rings. The third kappa shape index (κ3) is 6.90. The van der Waals surface area contributed by atoms with Crippen molar-refractivity contribution in [1.29, 1.82) is 0 Å². The molecular weight excluding hydrogens is 318 g/mol. The molecule has 0 aliphatic carbocycles. The molecule has 0 unspecified atom stereocenters. The largest absolute Gasteiger partial charge is 0.299 e. The Labute approximate surface area is 137 Å². The van der Waals surface area contributed by atoms with Crippen molar-refractivity contribution in [3.63, 3.8) is 0 Å². The van der Waals surface area contributed by atoms with Gasteiger partial charge in [-0.15, -0.1) is 0 Å². The molecule has 1 aromatic rings. The SMILES string of the molecule is CCCCCCCCC(=O)CS(=O)(=O)c1ccc([N+](=O)[O-])cc1. The lowest BCUT2D eigenvalue weighted by atomic mass is 10.1. The second-order valence-electron chi connectivity index (χ2n) is 5.57. The van der Waals surface area contributed by atoms with Crippen molar-refractivity contribution < 1.29 is 18.1 Å². The van der Waals surface area contributed by atoms with Gasteiger partial charge in [0.1, 0.15) is 11.5 Å². The zero-order valence-corrected chi connectivity index (χ0v) is 14.2. The molecule has 0 saturated carbocycles. The van der Waals surface area contributed by atoms with E-state index in [0.29, 0.717) is 6.42 Å². The van der Waals surface area contributed by atoms with Crippen LogP contribution < -0.4 is 0 Å². The van der Waals surface area contributed by atoms with Crippen LogP contribution in [-0.2, 0) is 14.6 Å². The summed E-state index contributed by atoms with van der Waals surface area (Å²) in [5.74, 6) is -0.849. The first-order chi connectivity index (χ1) is 10.9. The van der Waals surface area contributed by atoms with Gasteiger partial charge in [0.2, 0.25) is 0 Å². The number of benzene rings is 1. The van der Waals surface area contributed by atoms with E-state index in [1.54, 1.807) is 0 Å². The maximum absolute atomic E-state index is 12.1. The average Bonchev–Trinajstić information content (AvgIpc) is 2.50. The van der Waals surface area contributed by atoms with Crippen LogP contribution in [0, 0.1) is 10.1 Å². The van der Waals surface area contributed by atoms with Crippen molar-refractivity contribution in [2.75, 3.05) is 5.75 Å². The third-order valence-corrected chi connectivity index (χ3v) is 5.26. The molecule has 1 aromatic carbocycles. The van der Waals surface area contributed by atoms with Gasteiger partial charge in [-0.1, -0.05) is 39.0 Å². The lowest BCUT2D eigenvalue weighted by Crippen LogP contribution is -2.16. The molecule has 0 aromatic heterocycles. The third-order valence-electron chi connectivity index (χ3n) is 3.57. The zero-order valence-electron chi connectivity index (χ0n) is 13.4. The van der Waals surface area contributed by atoms with E-state index in [1.165, 1.54) is 18.6 Å². The Bertz CT molecular complexity index is 622. The predicted octanol–water partition coefficient (Wildman–Crippen LogP) is 3.69. The lowest BCUT2D eigenvalue weighted by Gasteiger charge is -2.04. The van der Waals surface area contributed by atoms with E-state index in [2.05, 4.69) is 6.92 Å². The number of rotatable bonds is 11. The number of hydrogen-bond donors (Lipinski definition) is 0. The van der Waals surface area contributed by atoms with Crippen molar-refractivity contribution in [1.82, 2.24) is 0 Å². The topological polar surface area (TPSA) is 94.3 Å². The quantitative estimate of drug-likeness (QED) is 0.347. The number of nitro groups is 1. The first-order valence-electron chi connectivity index (χ1n) is 7.85. The number of Topliss-reactive ketones (excluding diaryl/α,β-unsaturated/α-hetero) is 1. The van der Waals surface area contributed by atoms with Gasteiger partial charge in [-0.25, -0.2) is 8.42 Å². The molecule has 1 rings (SSSR count). The Balaban J connectivity index is 2.47. The van der Waals surface area contributed by atoms with Crippen molar-refractivity contribution in [3.8, 4) is 0 Å². The molecule has 0 atom stereocenters. The molecule has 128 valence electrons. The first-order valence-corrected chi connectivity index (χ1v) is 9.51. The van der Waals surface area contributed by atoms with E-state index in [9.17, 15) is 23.3 Å². The van der Waals surface area contributed by atoms with Gasteiger partial charge in [-0.3, -0.25) is 14.9 Å². The van der Waals surface area contributed by atoms with Crippen LogP contribution in [0.2, 0.25) is 0 Å². The fraction of sp³-hybridized carbons (Fsp3) is 0.562. The van der Waals surface area contributed by atoms with E-state index in [-0.39, 0.29) is 22.8 Å². The monoisotopic (exact) mass is 341 g/mol. The number of nitro benzene ring substituents is 1. The molecule has 0 fully saturated rings. The van der Waals surface area contributed by atoms with Crippen molar-refractivity contribution >= 4 is 21.3 Å². The Kier molecular flexibility index (Phi) is 7.88. The number of ketones is 1. The number of carbonyl (C=O) groups is 1. The van der Waals surface area contributed by atoms with Gasteiger partial charge in [0, 0.05) is 18.6 Å². The fourth-order valence-corrected chi connectivity index (χ4v) is 3.53. The van der Waals surface area contributed by atoms with E-state index in [1.807, 2.05) is 0 Å². The highest BCUT2D eigenvalue weighted by atomic mass is 32.2. The highest BCUT2D eigenvalue weighted by Gasteiger charge is 2.20.